The zero-order valence-electron chi connectivity index (χ0n) is 12.7. The summed E-state index contributed by atoms with van der Waals surface area (Å²) < 4.78 is 0. The number of nitrogens with two attached hydrogens (primary N) is 1. The van der Waals surface area contributed by atoms with Gasteiger partial charge in [0.2, 0.25) is 0 Å². The quantitative estimate of drug-likeness (QED) is 0.652. The van der Waals surface area contributed by atoms with Crippen molar-refractivity contribution in [1.82, 2.24) is 9.97 Å². The van der Waals surface area contributed by atoms with Crippen molar-refractivity contribution in [3.8, 4) is 0 Å². The van der Waals surface area contributed by atoms with Crippen LogP contribution in [0, 0.1) is 19.3 Å². The van der Waals surface area contributed by atoms with E-state index in [1.807, 2.05) is 44.2 Å². The van der Waals surface area contributed by atoms with E-state index in [0.29, 0.717) is 12.1 Å². The molecule has 0 saturated carbocycles. The molecule has 0 radical (unpaired) electrons. The highest BCUT2D eigenvalue weighted by molar-refractivity contribution is 5.95. The minimum Gasteiger partial charge on any atom is -0.384 e. The lowest BCUT2D eigenvalue weighted by molar-refractivity contribution is 0.788. The number of amidine groups is 1. The number of hydrogen-bond donors (Lipinski definition) is 2. The standard InChI is InChI=1S/C16H21N5/c1-4-21(10-14-7-5-6-11(2)19-14)15-9-13(16(17)18)8-12(3)20-15/h5-9H,4,10H2,1-3H3,(H3,17,18). The molecule has 5 heteroatoms. The maximum atomic E-state index is 7.60. The van der Waals surface area contributed by atoms with Crippen LogP contribution >= 0.6 is 0 Å². The van der Waals surface area contributed by atoms with Gasteiger partial charge in [-0.3, -0.25) is 10.4 Å². The van der Waals surface area contributed by atoms with E-state index in [1.54, 1.807) is 0 Å². The van der Waals surface area contributed by atoms with E-state index < -0.39 is 0 Å². The lowest BCUT2D eigenvalue weighted by Crippen LogP contribution is -2.25. The van der Waals surface area contributed by atoms with Crippen molar-refractivity contribution >= 4 is 11.7 Å². The molecule has 0 aliphatic carbocycles. The molecule has 0 amide bonds. The Bertz CT molecular complexity index is 651. The van der Waals surface area contributed by atoms with Crippen LogP contribution < -0.4 is 10.6 Å². The van der Waals surface area contributed by atoms with Crippen molar-refractivity contribution in [2.75, 3.05) is 11.4 Å². The van der Waals surface area contributed by atoms with E-state index in [1.165, 1.54) is 0 Å². The molecule has 0 atom stereocenters. The Hall–Kier alpha value is -2.43. The number of nitrogens with one attached hydrogen (secondary N) is 1. The van der Waals surface area contributed by atoms with Gasteiger partial charge in [-0.05, 0) is 45.0 Å². The van der Waals surface area contributed by atoms with Crippen LogP contribution in [0.2, 0.25) is 0 Å². The van der Waals surface area contributed by atoms with Crippen LogP contribution in [0.5, 0.6) is 0 Å². The molecular formula is C16H21N5. The van der Waals surface area contributed by atoms with Gasteiger partial charge in [0.15, 0.2) is 0 Å². The number of nitrogen functional groups attached to an aromatic ring is 1. The summed E-state index contributed by atoms with van der Waals surface area (Å²) in [6.07, 6.45) is 0. The Kier molecular flexibility index (Phi) is 4.52. The molecule has 2 aromatic heterocycles. The Balaban J connectivity index is 2.31. The summed E-state index contributed by atoms with van der Waals surface area (Å²) in [5.74, 6) is 0.887. The minimum absolute atomic E-state index is 0.0616. The first kappa shape index (κ1) is 15.0. The molecule has 3 N–H and O–H groups in total. The molecule has 2 heterocycles. The predicted octanol–water partition coefficient (Wildman–Crippen LogP) is 2.40. The van der Waals surface area contributed by atoms with Gasteiger partial charge in [0.25, 0.3) is 0 Å². The molecular weight excluding hydrogens is 262 g/mol. The Morgan fingerprint density at radius 1 is 1.19 bits per heavy atom. The van der Waals surface area contributed by atoms with Gasteiger partial charge in [0, 0.05) is 23.5 Å². The van der Waals surface area contributed by atoms with Gasteiger partial charge in [-0.1, -0.05) is 6.07 Å². The number of rotatable bonds is 5. The maximum absolute atomic E-state index is 7.60. The third-order valence-electron chi connectivity index (χ3n) is 3.26. The van der Waals surface area contributed by atoms with Gasteiger partial charge >= 0.3 is 0 Å². The van der Waals surface area contributed by atoms with Crippen LogP contribution in [0.1, 0.15) is 29.6 Å². The molecule has 0 unspecified atom stereocenters. The van der Waals surface area contributed by atoms with Crippen molar-refractivity contribution in [2.24, 2.45) is 5.73 Å². The Morgan fingerprint density at radius 2 is 1.95 bits per heavy atom. The normalized spacial score (nSPS) is 10.4. The minimum atomic E-state index is 0.0616. The summed E-state index contributed by atoms with van der Waals surface area (Å²) in [5, 5.41) is 7.60. The number of pyridine rings is 2. The summed E-state index contributed by atoms with van der Waals surface area (Å²) in [7, 11) is 0. The van der Waals surface area contributed by atoms with E-state index in [-0.39, 0.29) is 5.84 Å². The van der Waals surface area contributed by atoms with Crippen LogP contribution in [0.4, 0.5) is 5.82 Å². The summed E-state index contributed by atoms with van der Waals surface area (Å²) >= 11 is 0. The highest BCUT2D eigenvalue weighted by Gasteiger charge is 2.10. The summed E-state index contributed by atoms with van der Waals surface area (Å²) in [6, 6.07) is 9.69. The van der Waals surface area contributed by atoms with E-state index in [0.717, 1.165) is 29.4 Å². The molecule has 0 saturated heterocycles. The second-order valence-corrected chi connectivity index (χ2v) is 5.05. The molecule has 2 aromatic rings. The third kappa shape index (κ3) is 3.78. The molecule has 0 spiro atoms. The fourth-order valence-corrected chi connectivity index (χ4v) is 2.21. The zero-order valence-corrected chi connectivity index (χ0v) is 12.7. The first-order valence-corrected chi connectivity index (χ1v) is 7.00. The molecule has 0 aliphatic heterocycles. The second-order valence-electron chi connectivity index (χ2n) is 5.05. The number of aryl methyl sites for hydroxylation is 2. The van der Waals surface area contributed by atoms with Crippen molar-refractivity contribution in [3.05, 3.63) is 53.0 Å². The SMILES string of the molecule is CCN(Cc1cccc(C)n1)c1cc(C(=N)N)cc(C)n1. The van der Waals surface area contributed by atoms with Gasteiger partial charge in [-0.25, -0.2) is 4.98 Å². The van der Waals surface area contributed by atoms with Crippen LogP contribution in [-0.2, 0) is 6.54 Å². The lowest BCUT2D eigenvalue weighted by Gasteiger charge is -2.22. The first-order valence-electron chi connectivity index (χ1n) is 7.00. The summed E-state index contributed by atoms with van der Waals surface area (Å²) in [5.41, 5.74) is 9.16. The maximum Gasteiger partial charge on any atom is 0.129 e. The van der Waals surface area contributed by atoms with E-state index >= 15 is 0 Å². The van der Waals surface area contributed by atoms with Gasteiger partial charge in [0.1, 0.15) is 11.7 Å². The summed E-state index contributed by atoms with van der Waals surface area (Å²) in [4.78, 5) is 11.2. The van der Waals surface area contributed by atoms with Crippen LogP contribution in [-0.4, -0.2) is 22.3 Å². The largest absolute Gasteiger partial charge is 0.384 e. The van der Waals surface area contributed by atoms with Gasteiger partial charge in [-0.2, -0.15) is 0 Å². The van der Waals surface area contributed by atoms with Gasteiger partial charge in [-0.15, -0.1) is 0 Å². The van der Waals surface area contributed by atoms with Crippen LogP contribution in [0.15, 0.2) is 30.3 Å². The smallest absolute Gasteiger partial charge is 0.129 e. The molecule has 0 bridgehead atoms. The molecule has 110 valence electrons. The average Bonchev–Trinajstić information content (AvgIpc) is 2.44. The van der Waals surface area contributed by atoms with Crippen molar-refractivity contribution in [1.29, 1.82) is 5.41 Å². The average molecular weight is 283 g/mol. The molecule has 21 heavy (non-hydrogen) atoms. The molecule has 0 fully saturated rings. The summed E-state index contributed by atoms with van der Waals surface area (Å²) in [6.45, 7) is 7.47. The second kappa shape index (κ2) is 6.35. The van der Waals surface area contributed by atoms with Crippen molar-refractivity contribution in [2.45, 2.75) is 27.3 Å². The Labute approximate surface area is 125 Å². The van der Waals surface area contributed by atoms with Crippen LogP contribution in [0.3, 0.4) is 0 Å². The Morgan fingerprint density at radius 3 is 2.57 bits per heavy atom. The molecule has 5 nitrogen and oxygen atoms in total. The fourth-order valence-electron chi connectivity index (χ4n) is 2.21. The van der Waals surface area contributed by atoms with Gasteiger partial charge < -0.3 is 10.6 Å². The van der Waals surface area contributed by atoms with Crippen molar-refractivity contribution in [3.63, 3.8) is 0 Å². The van der Waals surface area contributed by atoms with E-state index in [4.69, 9.17) is 11.1 Å². The first-order chi connectivity index (χ1) is 9.99. The van der Waals surface area contributed by atoms with Gasteiger partial charge in [0.05, 0.1) is 12.2 Å². The molecule has 0 aromatic carbocycles. The van der Waals surface area contributed by atoms with E-state index in [9.17, 15) is 0 Å². The topological polar surface area (TPSA) is 78.9 Å². The highest BCUT2D eigenvalue weighted by Crippen LogP contribution is 2.17. The van der Waals surface area contributed by atoms with E-state index in [2.05, 4.69) is 21.8 Å². The number of nitrogens with zero attached hydrogens (tertiary/aromatic N) is 3. The fraction of sp³-hybridized carbons (Fsp3) is 0.312. The number of hydrogen-bond acceptors (Lipinski definition) is 4. The predicted molar refractivity (Wildman–Crippen MR) is 85.7 cm³/mol. The highest BCUT2D eigenvalue weighted by atomic mass is 15.2. The zero-order chi connectivity index (χ0) is 15.4. The number of aromatic nitrogens is 2. The molecule has 0 aliphatic rings. The third-order valence-corrected chi connectivity index (χ3v) is 3.26. The molecule has 2 rings (SSSR count). The van der Waals surface area contributed by atoms with Crippen molar-refractivity contribution < 1.29 is 0 Å². The van der Waals surface area contributed by atoms with Crippen LogP contribution in [0.25, 0.3) is 0 Å². The lowest BCUT2D eigenvalue weighted by atomic mass is 10.2. The monoisotopic (exact) mass is 283 g/mol. The number of anilines is 1.